The van der Waals surface area contributed by atoms with E-state index in [4.69, 9.17) is 4.42 Å². The van der Waals surface area contributed by atoms with Gasteiger partial charge in [0, 0.05) is 6.92 Å². The predicted molar refractivity (Wildman–Crippen MR) is 49.1 cm³/mol. The molecule has 0 bridgehead atoms. The van der Waals surface area contributed by atoms with Gasteiger partial charge in [-0.3, -0.25) is 9.59 Å². The summed E-state index contributed by atoms with van der Waals surface area (Å²) in [5, 5.41) is 0. The third kappa shape index (κ3) is 3.71. The molecule has 0 unspecified atom stereocenters. The summed E-state index contributed by atoms with van der Waals surface area (Å²) in [4.78, 5) is 21.2. The highest BCUT2D eigenvalue weighted by Gasteiger charge is 2.02. The van der Waals surface area contributed by atoms with Gasteiger partial charge in [-0.1, -0.05) is 6.08 Å². The number of furan rings is 1. The fourth-order valence-corrected chi connectivity index (χ4v) is 0.859. The molecule has 0 N–H and O–H groups in total. The Labute approximate surface area is 81.2 Å². The van der Waals surface area contributed by atoms with Crippen molar-refractivity contribution in [3.8, 4) is 0 Å². The van der Waals surface area contributed by atoms with Crippen molar-refractivity contribution < 1.29 is 18.7 Å². The third-order valence-electron chi connectivity index (χ3n) is 1.37. The summed E-state index contributed by atoms with van der Waals surface area (Å²) in [6.07, 6.45) is 4.80. The van der Waals surface area contributed by atoms with Crippen LogP contribution in [-0.4, -0.2) is 11.9 Å². The number of hydrogen-bond donors (Lipinski definition) is 0. The van der Waals surface area contributed by atoms with Crippen LogP contribution in [0.2, 0.25) is 0 Å². The smallest absolute Gasteiger partial charge is 0.317 e. The number of carbonyl (C=O) groups is 2. The minimum Gasteiger partial charge on any atom is -0.465 e. The molecule has 0 spiro atoms. The van der Waals surface area contributed by atoms with Gasteiger partial charge < -0.3 is 9.15 Å². The van der Waals surface area contributed by atoms with Gasteiger partial charge in [0.15, 0.2) is 0 Å². The van der Waals surface area contributed by atoms with Crippen molar-refractivity contribution in [1.82, 2.24) is 0 Å². The van der Waals surface area contributed by atoms with E-state index in [1.54, 1.807) is 24.3 Å². The Bertz CT molecular complexity index is 335. The maximum atomic E-state index is 10.9. The second-order valence-electron chi connectivity index (χ2n) is 2.59. The van der Waals surface area contributed by atoms with E-state index in [2.05, 4.69) is 4.74 Å². The summed E-state index contributed by atoms with van der Waals surface area (Å²) in [6.45, 7) is 1.19. The summed E-state index contributed by atoms with van der Waals surface area (Å²) in [7, 11) is 0. The van der Waals surface area contributed by atoms with Crippen LogP contribution in [0.1, 0.15) is 19.1 Å². The topological polar surface area (TPSA) is 56.5 Å². The first kappa shape index (κ1) is 10.2. The van der Waals surface area contributed by atoms with Crippen LogP contribution in [0.3, 0.4) is 0 Å². The van der Waals surface area contributed by atoms with Crippen LogP contribution in [0.4, 0.5) is 0 Å². The highest BCUT2D eigenvalue weighted by atomic mass is 16.6. The van der Waals surface area contributed by atoms with E-state index in [0.717, 1.165) is 0 Å². The molecule has 0 aliphatic carbocycles. The van der Waals surface area contributed by atoms with Gasteiger partial charge >= 0.3 is 11.9 Å². The molecule has 0 aliphatic rings. The van der Waals surface area contributed by atoms with Gasteiger partial charge in [-0.2, -0.15) is 0 Å². The zero-order chi connectivity index (χ0) is 10.4. The van der Waals surface area contributed by atoms with E-state index in [1.165, 1.54) is 13.2 Å². The van der Waals surface area contributed by atoms with Gasteiger partial charge in [0.05, 0.1) is 12.7 Å². The molecule has 0 saturated heterocycles. The van der Waals surface area contributed by atoms with Crippen molar-refractivity contribution in [2.75, 3.05) is 0 Å². The van der Waals surface area contributed by atoms with Crippen molar-refractivity contribution in [2.45, 2.75) is 13.3 Å². The average Bonchev–Trinajstić information content (AvgIpc) is 2.55. The third-order valence-corrected chi connectivity index (χ3v) is 1.37. The van der Waals surface area contributed by atoms with Crippen LogP contribution in [0, 0.1) is 0 Å². The second kappa shape index (κ2) is 5.01. The first-order chi connectivity index (χ1) is 6.68. The molecule has 0 radical (unpaired) electrons. The molecule has 0 saturated carbocycles. The zero-order valence-corrected chi connectivity index (χ0v) is 7.73. The maximum absolute atomic E-state index is 10.9. The summed E-state index contributed by atoms with van der Waals surface area (Å²) < 4.78 is 9.30. The van der Waals surface area contributed by atoms with E-state index in [-0.39, 0.29) is 6.42 Å². The molecule has 1 rings (SSSR count). The van der Waals surface area contributed by atoms with Crippen LogP contribution >= 0.6 is 0 Å². The second-order valence-corrected chi connectivity index (χ2v) is 2.59. The van der Waals surface area contributed by atoms with Crippen LogP contribution < -0.4 is 0 Å². The Morgan fingerprint density at radius 2 is 2.36 bits per heavy atom. The Morgan fingerprint density at radius 1 is 1.57 bits per heavy atom. The molecular formula is C10H10O4. The minimum atomic E-state index is -0.596. The predicted octanol–water partition coefficient (Wildman–Crippen LogP) is 1.77. The molecule has 1 aromatic rings. The molecule has 14 heavy (non-hydrogen) atoms. The molecule has 0 fully saturated rings. The van der Waals surface area contributed by atoms with Crippen LogP contribution in [0.5, 0.6) is 0 Å². The highest BCUT2D eigenvalue weighted by molar-refractivity contribution is 5.85. The Morgan fingerprint density at radius 3 is 2.93 bits per heavy atom. The number of rotatable bonds is 3. The first-order valence-electron chi connectivity index (χ1n) is 4.10. The highest BCUT2D eigenvalue weighted by Crippen LogP contribution is 2.03. The Hall–Kier alpha value is -1.84. The molecule has 4 heteroatoms. The lowest BCUT2D eigenvalue weighted by atomic mass is 10.3. The lowest BCUT2D eigenvalue weighted by molar-refractivity contribution is -0.157. The van der Waals surface area contributed by atoms with Gasteiger partial charge in [0.1, 0.15) is 5.76 Å². The number of carbonyl (C=O) groups excluding carboxylic acids is 2. The summed E-state index contributed by atoms with van der Waals surface area (Å²) in [6, 6.07) is 3.50. The van der Waals surface area contributed by atoms with E-state index in [0.29, 0.717) is 5.76 Å². The first-order valence-corrected chi connectivity index (χ1v) is 4.10. The molecule has 1 aromatic heterocycles. The van der Waals surface area contributed by atoms with Crippen LogP contribution in [0.15, 0.2) is 28.9 Å². The number of esters is 2. The molecule has 0 aromatic carbocycles. The molecule has 74 valence electrons. The van der Waals surface area contributed by atoms with Crippen molar-refractivity contribution in [1.29, 1.82) is 0 Å². The van der Waals surface area contributed by atoms with Gasteiger partial charge in [0.2, 0.25) is 0 Å². The quantitative estimate of drug-likeness (QED) is 0.543. The van der Waals surface area contributed by atoms with E-state index in [9.17, 15) is 9.59 Å². The largest absolute Gasteiger partial charge is 0.465 e. The maximum Gasteiger partial charge on any atom is 0.317 e. The fourth-order valence-electron chi connectivity index (χ4n) is 0.859. The Kier molecular flexibility index (Phi) is 3.67. The van der Waals surface area contributed by atoms with Crippen molar-refractivity contribution in [2.24, 2.45) is 0 Å². The summed E-state index contributed by atoms with van der Waals surface area (Å²) >= 11 is 0. The normalized spacial score (nSPS) is 10.4. The molecule has 4 nitrogen and oxygen atoms in total. The monoisotopic (exact) mass is 194 g/mol. The van der Waals surface area contributed by atoms with Crippen LogP contribution in [-0.2, 0) is 14.3 Å². The molecule has 0 atom stereocenters. The molecular weight excluding hydrogens is 184 g/mol. The molecule has 0 amide bonds. The van der Waals surface area contributed by atoms with Crippen molar-refractivity contribution in [3.63, 3.8) is 0 Å². The average molecular weight is 194 g/mol. The Balaban J connectivity index is 2.33. The molecule has 0 aliphatic heterocycles. The van der Waals surface area contributed by atoms with Crippen LogP contribution in [0.25, 0.3) is 6.08 Å². The van der Waals surface area contributed by atoms with Gasteiger partial charge in [-0.25, -0.2) is 0 Å². The van der Waals surface area contributed by atoms with Crippen molar-refractivity contribution in [3.05, 3.63) is 30.2 Å². The molecule has 1 heterocycles. The van der Waals surface area contributed by atoms with E-state index >= 15 is 0 Å². The standard InChI is InChI=1S/C10H10O4/c1-8(11)14-10(12)6-2-4-9-5-3-7-13-9/h2-5,7H,6H2,1H3. The van der Waals surface area contributed by atoms with Crippen molar-refractivity contribution >= 4 is 18.0 Å². The van der Waals surface area contributed by atoms with E-state index < -0.39 is 11.9 Å². The number of ether oxygens (including phenoxy) is 1. The fraction of sp³-hybridized carbons (Fsp3) is 0.200. The van der Waals surface area contributed by atoms with Gasteiger partial charge in [-0.05, 0) is 18.2 Å². The summed E-state index contributed by atoms with van der Waals surface area (Å²) in [5.74, 6) is -0.512. The lowest BCUT2D eigenvalue weighted by Gasteiger charge is -1.94. The van der Waals surface area contributed by atoms with Gasteiger partial charge in [-0.15, -0.1) is 0 Å². The zero-order valence-electron chi connectivity index (χ0n) is 7.73. The minimum absolute atomic E-state index is 0.0558. The van der Waals surface area contributed by atoms with E-state index in [1.807, 2.05) is 0 Å². The lowest BCUT2D eigenvalue weighted by Crippen LogP contribution is -2.07. The summed E-state index contributed by atoms with van der Waals surface area (Å²) in [5.41, 5.74) is 0. The SMILES string of the molecule is CC(=O)OC(=O)CC=Cc1ccco1. The van der Waals surface area contributed by atoms with Gasteiger partial charge in [0.25, 0.3) is 0 Å². The number of hydrogen-bond acceptors (Lipinski definition) is 4.